The highest BCUT2D eigenvalue weighted by Gasteiger charge is 2.18. The van der Waals surface area contributed by atoms with Gasteiger partial charge in [0.25, 0.3) is 0 Å². The lowest BCUT2D eigenvalue weighted by Gasteiger charge is -2.08. The molecular formula is C20H20S3. The number of thiophene rings is 3. The second-order valence-electron chi connectivity index (χ2n) is 6.70. The Labute approximate surface area is 149 Å². The molecule has 0 amide bonds. The van der Waals surface area contributed by atoms with E-state index in [-0.39, 0.29) is 0 Å². The summed E-state index contributed by atoms with van der Waals surface area (Å²) >= 11 is 6.06. The van der Waals surface area contributed by atoms with Gasteiger partial charge in [0.1, 0.15) is 0 Å². The van der Waals surface area contributed by atoms with Crippen molar-refractivity contribution in [2.45, 2.75) is 51.4 Å². The normalized spacial score (nSPS) is 17.0. The number of aryl methyl sites for hydroxylation is 4. The first kappa shape index (κ1) is 14.4. The fourth-order valence-electron chi connectivity index (χ4n) is 3.83. The third-order valence-electron chi connectivity index (χ3n) is 5.08. The van der Waals surface area contributed by atoms with Crippen molar-refractivity contribution in [2.75, 3.05) is 0 Å². The Hall–Kier alpha value is -0.900. The molecule has 0 radical (unpaired) electrons. The van der Waals surface area contributed by atoms with Crippen LogP contribution < -0.4 is 0 Å². The highest BCUT2D eigenvalue weighted by Crippen LogP contribution is 2.43. The molecule has 0 unspecified atom stereocenters. The van der Waals surface area contributed by atoms with E-state index < -0.39 is 0 Å². The van der Waals surface area contributed by atoms with Gasteiger partial charge in [-0.05, 0) is 86.8 Å². The summed E-state index contributed by atoms with van der Waals surface area (Å²) in [6.45, 7) is 0. The van der Waals surface area contributed by atoms with E-state index in [0.29, 0.717) is 0 Å². The van der Waals surface area contributed by atoms with Crippen LogP contribution in [0.25, 0.3) is 19.5 Å². The van der Waals surface area contributed by atoms with Gasteiger partial charge in [-0.1, -0.05) is 0 Å². The van der Waals surface area contributed by atoms with Crippen molar-refractivity contribution in [3.05, 3.63) is 45.1 Å². The topological polar surface area (TPSA) is 0 Å². The van der Waals surface area contributed by atoms with Gasteiger partial charge in [0.15, 0.2) is 0 Å². The maximum Gasteiger partial charge on any atom is 0.0449 e. The monoisotopic (exact) mass is 356 g/mol. The molecular weight excluding hydrogens is 336 g/mol. The lowest BCUT2D eigenvalue weighted by Crippen LogP contribution is -1.96. The van der Waals surface area contributed by atoms with Gasteiger partial charge in [0.05, 0.1) is 0 Å². The van der Waals surface area contributed by atoms with E-state index >= 15 is 0 Å². The van der Waals surface area contributed by atoms with E-state index in [1.54, 1.807) is 20.9 Å². The van der Waals surface area contributed by atoms with Crippen LogP contribution in [0.1, 0.15) is 46.6 Å². The van der Waals surface area contributed by atoms with Gasteiger partial charge >= 0.3 is 0 Å². The highest BCUT2D eigenvalue weighted by atomic mass is 32.1. The number of hydrogen-bond donors (Lipinski definition) is 0. The maximum absolute atomic E-state index is 2.47. The summed E-state index contributed by atoms with van der Waals surface area (Å²) < 4.78 is 0. The minimum atomic E-state index is 1.29. The minimum absolute atomic E-state index is 1.29. The first-order valence-electron chi connectivity index (χ1n) is 8.70. The van der Waals surface area contributed by atoms with Gasteiger partial charge in [-0.25, -0.2) is 0 Å². The Balaban J connectivity index is 1.48. The van der Waals surface area contributed by atoms with Gasteiger partial charge in [-0.2, -0.15) is 0 Å². The molecule has 5 rings (SSSR count). The molecule has 0 spiro atoms. The van der Waals surface area contributed by atoms with Crippen molar-refractivity contribution >= 4 is 34.0 Å². The summed E-state index contributed by atoms with van der Waals surface area (Å²) in [6, 6.07) is 9.62. The van der Waals surface area contributed by atoms with Crippen LogP contribution in [-0.2, 0) is 25.7 Å². The average Bonchev–Trinajstić information content (AvgIpc) is 3.30. The largest absolute Gasteiger partial charge is 0.139 e. The fourth-order valence-corrected chi connectivity index (χ4v) is 7.50. The highest BCUT2D eigenvalue weighted by molar-refractivity contribution is 7.26. The summed E-state index contributed by atoms with van der Waals surface area (Å²) in [7, 11) is 0. The van der Waals surface area contributed by atoms with Crippen molar-refractivity contribution in [3.8, 4) is 19.5 Å². The summed E-state index contributed by atoms with van der Waals surface area (Å²) in [5, 5.41) is 0. The second kappa shape index (κ2) is 5.87. The van der Waals surface area contributed by atoms with E-state index in [1.807, 2.05) is 34.0 Å². The average molecular weight is 357 g/mol. The third kappa shape index (κ3) is 2.63. The molecule has 0 saturated carbocycles. The van der Waals surface area contributed by atoms with Crippen molar-refractivity contribution in [3.63, 3.8) is 0 Å². The van der Waals surface area contributed by atoms with Crippen molar-refractivity contribution in [1.29, 1.82) is 0 Å². The number of rotatable bonds is 2. The second-order valence-corrected chi connectivity index (χ2v) is 10.1. The van der Waals surface area contributed by atoms with Crippen molar-refractivity contribution < 1.29 is 0 Å². The zero-order valence-corrected chi connectivity index (χ0v) is 15.6. The number of fused-ring (bicyclic) bond motifs is 2. The van der Waals surface area contributed by atoms with E-state index in [2.05, 4.69) is 24.3 Å². The molecule has 0 fully saturated rings. The van der Waals surface area contributed by atoms with Crippen LogP contribution in [0.4, 0.5) is 0 Å². The van der Waals surface area contributed by atoms with E-state index in [9.17, 15) is 0 Å². The molecule has 2 aliphatic rings. The quantitative estimate of drug-likeness (QED) is 0.465. The first-order valence-corrected chi connectivity index (χ1v) is 11.2. The van der Waals surface area contributed by atoms with Gasteiger partial charge in [-0.3, -0.25) is 0 Å². The standard InChI is InChI=1S/C20H20S3/c1-3-7-15-13(5-1)11-19(21-15)17-9-10-18(23-17)20-12-14-6-2-4-8-16(14)22-20/h9-12H,1-8H2. The predicted octanol–water partition coefficient (Wildman–Crippen LogP) is 6.96. The molecule has 0 aromatic carbocycles. The van der Waals surface area contributed by atoms with E-state index in [0.717, 1.165) is 0 Å². The Bertz CT molecular complexity index is 730. The van der Waals surface area contributed by atoms with Gasteiger partial charge in [0.2, 0.25) is 0 Å². The molecule has 0 N–H and O–H groups in total. The SMILES string of the molecule is c1cc(-c2cc3c(s2)CCCC3)sc1-c1cc2c(s1)CCCC2. The molecule has 0 nitrogen and oxygen atoms in total. The summed E-state index contributed by atoms with van der Waals surface area (Å²) in [5.74, 6) is 0. The van der Waals surface area contributed by atoms with Crippen molar-refractivity contribution in [1.82, 2.24) is 0 Å². The van der Waals surface area contributed by atoms with Crippen LogP contribution in [0.2, 0.25) is 0 Å². The summed E-state index contributed by atoms with van der Waals surface area (Å²) in [5.41, 5.74) is 3.25. The number of hydrogen-bond acceptors (Lipinski definition) is 3. The van der Waals surface area contributed by atoms with Crippen LogP contribution in [0.15, 0.2) is 24.3 Å². The predicted molar refractivity (Wildman–Crippen MR) is 104 cm³/mol. The Kier molecular flexibility index (Phi) is 3.69. The van der Waals surface area contributed by atoms with Crippen LogP contribution in [0, 0.1) is 0 Å². The van der Waals surface area contributed by atoms with Crippen molar-refractivity contribution in [2.24, 2.45) is 0 Å². The Morgan fingerprint density at radius 1 is 0.522 bits per heavy atom. The molecule has 2 aliphatic carbocycles. The maximum atomic E-state index is 2.47. The van der Waals surface area contributed by atoms with Crippen LogP contribution >= 0.6 is 34.0 Å². The Morgan fingerprint density at radius 2 is 1.00 bits per heavy atom. The van der Waals surface area contributed by atoms with E-state index in [4.69, 9.17) is 0 Å². The fraction of sp³-hybridized carbons (Fsp3) is 0.400. The van der Waals surface area contributed by atoms with Gasteiger partial charge in [0, 0.05) is 29.3 Å². The Morgan fingerprint density at radius 3 is 1.48 bits per heavy atom. The molecule has 0 bridgehead atoms. The lowest BCUT2D eigenvalue weighted by molar-refractivity contribution is 0.697. The lowest BCUT2D eigenvalue weighted by atomic mass is 9.99. The van der Waals surface area contributed by atoms with Crippen LogP contribution in [0.3, 0.4) is 0 Å². The summed E-state index contributed by atoms with van der Waals surface area (Å²) in [6.07, 6.45) is 10.7. The molecule has 3 heterocycles. The first-order chi connectivity index (χ1) is 11.4. The van der Waals surface area contributed by atoms with Crippen LogP contribution in [-0.4, -0.2) is 0 Å². The third-order valence-corrected chi connectivity index (χ3v) is 9.04. The van der Waals surface area contributed by atoms with E-state index in [1.165, 1.54) is 70.9 Å². The van der Waals surface area contributed by atoms with Gasteiger partial charge in [-0.15, -0.1) is 34.0 Å². The molecule has 0 saturated heterocycles. The zero-order chi connectivity index (χ0) is 15.2. The molecule has 3 heteroatoms. The smallest absolute Gasteiger partial charge is 0.0449 e. The molecule has 23 heavy (non-hydrogen) atoms. The van der Waals surface area contributed by atoms with Gasteiger partial charge < -0.3 is 0 Å². The molecule has 0 aliphatic heterocycles. The molecule has 118 valence electrons. The molecule has 0 atom stereocenters. The van der Waals surface area contributed by atoms with Crippen LogP contribution in [0.5, 0.6) is 0 Å². The molecule has 3 aromatic rings. The minimum Gasteiger partial charge on any atom is -0.139 e. The summed E-state index contributed by atoms with van der Waals surface area (Å²) in [4.78, 5) is 9.21. The molecule has 3 aromatic heterocycles. The zero-order valence-electron chi connectivity index (χ0n) is 13.2.